The number of hydrogen-bond donors (Lipinski definition) is 1. The molecule has 31 heavy (non-hydrogen) atoms. The Morgan fingerprint density at radius 1 is 1.23 bits per heavy atom. The molecule has 1 fully saturated rings. The lowest BCUT2D eigenvalue weighted by Gasteiger charge is -2.29. The number of sulfone groups is 1. The molecule has 8 heteroatoms. The number of rotatable bonds is 6. The minimum atomic E-state index is -3.16. The predicted molar refractivity (Wildman–Crippen MR) is 117 cm³/mol. The number of aryl methyl sites for hydroxylation is 1. The van der Waals surface area contributed by atoms with E-state index < -0.39 is 9.84 Å². The van der Waals surface area contributed by atoms with Crippen molar-refractivity contribution in [2.75, 3.05) is 18.6 Å². The number of aromatic amines is 1. The van der Waals surface area contributed by atoms with Gasteiger partial charge >= 0.3 is 0 Å². The minimum Gasteiger partial charge on any atom is -0.497 e. The highest BCUT2D eigenvalue weighted by Gasteiger charge is 2.35. The number of nitrogens with one attached hydrogen (secondary N) is 1. The maximum absolute atomic E-state index is 13.8. The Morgan fingerprint density at radius 2 is 1.97 bits per heavy atom. The molecule has 0 radical (unpaired) electrons. The molecule has 1 amide bonds. The van der Waals surface area contributed by atoms with Gasteiger partial charge in [-0.3, -0.25) is 4.79 Å². The second-order valence-electron chi connectivity index (χ2n) is 8.02. The number of amides is 1. The van der Waals surface area contributed by atoms with Crippen LogP contribution in [0.4, 0.5) is 4.39 Å². The summed E-state index contributed by atoms with van der Waals surface area (Å²) in [5, 5.41) is 0.675. The Morgan fingerprint density at radius 3 is 2.61 bits per heavy atom. The van der Waals surface area contributed by atoms with E-state index in [4.69, 9.17) is 4.74 Å². The molecule has 2 aromatic carbocycles. The van der Waals surface area contributed by atoms with Crippen LogP contribution in [0, 0.1) is 12.7 Å². The monoisotopic (exact) mass is 444 g/mol. The van der Waals surface area contributed by atoms with E-state index >= 15 is 0 Å². The first-order chi connectivity index (χ1) is 14.8. The molecule has 1 N–H and O–H groups in total. The fourth-order valence-electron chi connectivity index (χ4n) is 4.20. The number of ether oxygens (including phenoxy) is 1. The normalized spacial score (nSPS) is 17.7. The van der Waals surface area contributed by atoms with E-state index in [1.54, 1.807) is 18.1 Å². The number of benzene rings is 2. The summed E-state index contributed by atoms with van der Waals surface area (Å²) in [6.07, 6.45) is 0.494. The van der Waals surface area contributed by atoms with Gasteiger partial charge in [0.15, 0.2) is 9.84 Å². The number of nitrogens with zero attached hydrogens (tertiary/aromatic N) is 1. The third kappa shape index (κ3) is 4.58. The summed E-state index contributed by atoms with van der Waals surface area (Å²) < 4.78 is 43.2. The molecule has 1 saturated heterocycles. The molecule has 3 aromatic rings. The van der Waals surface area contributed by atoms with Crippen LogP contribution in [0.25, 0.3) is 10.9 Å². The van der Waals surface area contributed by atoms with E-state index in [-0.39, 0.29) is 35.7 Å². The molecule has 1 aliphatic rings. The summed E-state index contributed by atoms with van der Waals surface area (Å²) >= 11 is 0. The molecule has 4 rings (SSSR count). The summed E-state index contributed by atoms with van der Waals surface area (Å²) in [5.74, 6) is 0.225. The number of aromatic nitrogens is 1. The quantitative estimate of drug-likeness (QED) is 0.632. The first-order valence-electron chi connectivity index (χ1n) is 10.2. The Balaban J connectivity index is 1.63. The second-order valence-corrected chi connectivity index (χ2v) is 10.3. The average molecular weight is 445 g/mol. The zero-order valence-electron chi connectivity index (χ0n) is 17.5. The van der Waals surface area contributed by atoms with Crippen LogP contribution in [0.5, 0.6) is 5.75 Å². The van der Waals surface area contributed by atoms with Crippen molar-refractivity contribution in [2.24, 2.45) is 0 Å². The Hall–Kier alpha value is -2.87. The van der Waals surface area contributed by atoms with Crippen molar-refractivity contribution in [3.05, 3.63) is 65.1 Å². The van der Waals surface area contributed by atoms with Crippen molar-refractivity contribution >= 4 is 26.6 Å². The van der Waals surface area contributed by atoms with Gasteiger partial charge in [0.2, 0.25) is 5.91 Å². The van der Waals surface area contributed by atoms with Crippen LogP contribution in [0.15, 0.2) is 42.5 Å². The van der Waals surface area contributed by atoms with Crippen molar-refractivity contribution in [3.63, 3.8) is 0 Å². The van der Waals surface area contributed by atoms with E-state index in [0.717, 1.165) is 22.3 Å². The second kappa shape index (κ2) is 8.34. The SMILES string of the molecule is COc1ccc(CN(C(=O)Cc2c(C)[nH]c3ccc(F)cc23)C2CCS(=O)(=O)C2)cc1. The van der Waals surface area contributed by atoms with Crippen LogP contribution < -0.4 is 4.74 Å². The van der Waals surface area contributed by atoms with Crippen molar-refractivity contribution in [3.8, 4) is 5.75 Å². The molecule has 1 unspecified atom stereocenters. The van der Waals surface area contributed by atoms with Crippen molar-refractivity contribution < 1.29 is 22.3 Å². The molecule has 1 aliphatic heterocycles. The molecular weight excluding hydrogens is 419 g/mol. The van der Waals surface area contributed by atoms with Gasteiger partial charge in [0.1, 0.15) is 11.6 Å². The highest BCUT2D eigenvalue weighted by atomic mass is 32.2. The van der Waals surface area contributed by atoms with Gasteiger partial charge in [0.25, 0.3) is 0 Å². The van der Waals surface area contributed by atoms with Crippen LogP contribution >= 0.6 is 0 Å². The summed E-state index contributed by atoms with van der Waals surface area (Å²) in [4.78, 5) is 18.3. The molecule has 2 heterocycles. The van der Waals surface area contributed by atoms with Gasteiger partial charge in [-0.25, -0.2) is 12.8 Å². The minimum absolute atomic E-state index is 0.0314. The van der Waals surface area contributed by atoms with E-state index in [2.05, 4.69) is 4.98 Å². The predicted octanol–water partition coefficient (Wildman–Crippen LogP) is 3.38. The Labute approximate surface area is 180 Å². The van der Waals surface area contributed by atoms with Crippen LogP contribution in [0.2, 0.25) is 0 Å². The van der Waals surface area contributed by atoms with Gasteiger partial charge in [0.05, 0.1) is 25.0 Å². The largest absolute Gasteiger partial charge is 0.497 e. The highest BCUT2D eigenvalue weighted by Crippen LogP contribution is 2.27. The lowest BCUT2D eigenvalue weighted by Crippen LogP contribution is -2.41. The fourth-order valence-corrected chi connectivity index (χ4v) is 5.94. The van der Waals surface area contributed by atoms with Gasteiger partial charge in [-0.05, 0) is 54.8 Å². The topological polar surface area (TPSA) is 79.5 Å². The van der Waals surface area contributed by atoms with E-state index in [0.29, 0.717) is 24.1 Å². The lowest BCUT2D eigenvalue weighted by molar-refractivity contribution is -0.133. The summed E-state index contributed by atoms with van der Waals surface area (Å²) in [6.45, 7) is 2.16. The van der Waals surface area contributed by atoms with Gasteiger partial charge in [-0.2, -0.15) is 0 Å². The van der Waals surface area contributed by atoms with Gasteiger partial charge in [0, 0.05) is 29.2 Å². The molecule has 164 valence electrons. The van der Waals surface area contributed by atoms with Crippen LogP contribution in [-0.4, -0.2) is 48.9 Å². The summed E-state index contributed by atoms with van der Waals surface area (Å²) in [5.41, 5.74) is 3.20. The van der Waals surface area contributed by atoms with E-state index in [9.17, 15) is 17.6 Å². The fraction of sp³-hybridized carbons (Fsp3) is 0.348. The van der Waals surface area contributed by atoms with E-state index in [1.165, 1.54) is 12.1 Å². The Kier molecular flexibility index (Phi) is 5.75. The highest BCUT2D eigenvalue weighted by molar-refractivity contribution is 7.91. The van der Waals surface area contributed by atoms with Gasteiger partial charge < -0.3 is 14.6 Å². The average Bonchev–Trinajstić information content (AvgIpc) is 3.25. The van der Waals surface area contributed by atoms with Crippen molar-refractivity contribution in [2.45, 2.75) is 32.4 Å². The molecular formula is C23H25FN2O4S. The molecule has 1 aromatic heterocycles. The first kappa shape index (κ1) is 21.4. The standard InChI is InChI=1S/C23H25FN2O4S/c1-15-20(21-11-17(24)5-8-22(21)25-15)12-23(27)26(18-9-10-31(28,29)14-18)13-16-3-6-19(30-2)7-4-16/h3-8,11,18,25H,9-10,12-14H2,1-2H3. The third-order valence-corrected chi connectivity index (χ3v) is 7.64. The van der Waals surface area contributed by atoms with Crippen LogP contribution in [-0.2, 0) is 27.6 Å². The number of methoxy groups -OCH3 is 1. The maximum atomic E-state index is 13.8. The molecule has 6 nitrogen and oxygen atoms in total. The van der Waals surface area contributed by atoms with Gasteiger partial charge in [-0.1, -0.05) is 12.1 Å². The number of carbonyl (C=O) groups is 1. The molecule has 1 atom stereocenters. The first-order valence-corrected chi connectivity index (χ1v) is 12.0. The van der Waals surface area contributed by atoms with Crippen LogP contribution in [0.1, 0.15) is 23.2 Å². The smallest absolute Gasteiger partial charge is 0.227 e. The van der Waals surface area contributed by atoms with Crippen LogP contribution in [0.3, 0.4) is 0 Å². The van der Waals surface area contributed by atoms with Gasteiger partial charge in [-0.15, -0.1) is 0 Å². The van der Waals surface area contributed by atoms with Crippen molar-refractivity contribution in [1.82, 2.24) is 9.88 Å². The summed E-state index contributed by atoms with van der Waals surface area (Å²) in [6, 6.07) is 11.5. The molecule has 0 spiro atoms. The number of hydrogen-bond acceptors (Lipinski definition) is 4. The third-order valence-electron chi connectivity index (χ3n) is 5.89. The Bertz CT molecular complexity index is 1220. The number of H-pyrrole nitrogens is 1. The van der Waals surface area contributed by atoms with Crippen molar-refractivity contribution in [1.29, 1.82) is 0 Å². The zero-order chi connectivity index (χ0) is 22.2. The number of carbonyl (C=O) groups excluding carboxylic acids is 1. The molecule has 0 saturated carbocycles. The number of fused-ring (bicyclic) bond motifs is 1. The van der Waals surface area contributed by atoms with E-state index in [1.807, 2.05) is 31.2 Å². The molecule has 0 bridgehead atoms. The summed E-state index contributed by atoms with van der Waals surface area (Å²) in [7, 11) is -1.57. The maximum Gasteiger partial charge on any atom is 0.227 e. The lowest BCUT2D eigenvalue weighted by atomic mass is 10.0. The zero-order valence-corrected chi connectivity index (χ0v) is 18.3. The number of halogens is 1. The molecule has 0 aliphatic carbocycles.